The number of aliphatic carboxylic acids is 1. The lowest BCUT2D eigenvalue weighted by Gasteiger charge is -2.22. The highest BCUT2D eigenvalue weighted by Crippen LogP contribution is 2.30. The Hall–Kier alpha value is -2.11. The van der Waals surface area contributed by atoms with Crippen molar-refractivity contribution < 1.29 is 14.6 Å². The van der Waals surface area contributed by atoms with Crippen LogP contribution in [0.5, 0.6) is 5.88 Å². The van der Waals surface area contributed by atoms with Crippen molar-refractivity contribution in [1.82, 2.24) is 4.98 Å². The molecule has 2 rings (SSSR count). The van der Waals surface area contributed by atoms with Gasteiger partial charge in [-0.25, -0.2) is 4.98 Å². The Morgan fingerprint density at radius 1 is 1.22 bits per heavy atom. The molecule has 2 aromatic rings. The number of nitrogens with zero attached hydrogens (tertiary/aromatic N) is 1. The summed E-state index contributed by atoms with van der Waals surface area (Å²) in [6.07, 6.45) is 1.56. The summed E-state index contributed by atoms with van der Waals surface area (Å²) in [4.78, 5) is 15.6. The fourth-order valence-corrected chi connectivity index (χ4v) is 2.47. The summed E-state index contributed by atoms with van der Waals surface area (Å²) < 4.78 is 5.58. The van der Waals surface area contributed by atoms with E-state index in [4.69, 9.17) is 22.1 Å². The van der Waals surface area contributed by atoms with E-state index in [1.165, 1.54) is 0 Å². The van der Waals surface area contributed by atoms with Crippen molar-refractivity contribution >= 4 is 17.6 Å². The first-order valence-corrected chi connectivity index (χ1v) is 7.62. The molecule has 6 heteroatoms. The highest BCUT2D eigenvalue weighted by molar-refractivity contribution is 6.30. The molecule has 0 amide bonds. The van der Waals surface area contributed by atoms with Crippen LogP contribution >= 0.6 is 11.6 Å². The Morgan fingerprint density at radius 2 is 1.87 bits per heavy atom. The average molecular weight is 335 g/mol. The van der Waals surface area contributed by atoms with Gasteiger partial charge in [-0.3, -0.25) is 4.79 Å². The Bertz CT molecular complexity index is 674. The molecule has 0 bridgehead atoms. The number of ether oxygens (including phenoxy) is 1. The molecular weight excluding hydrogens is 316 g/mol. The van der Waals surface area contributed by atoms with Crippen molar-refractivity contribution in [2.75, 3.05) is 0 Å². The van der Waals surface area contributed by atoms with Gasteiger partial charge >= 0.3 is 5.97 Å². The van der Waals surface area contributed by atoms with E-state index in [2.05, 4.69) is 4.98 Å². The Balaban J connectivity index is 2.45. The van der Waals surface area contributed by atoms with Gasteiger partial charge in [0.25, 0.3) is 0 Å². The summed E-state index contributed by atoms with van der Waals surface area (Å²) in [7, 11) is 0. The molecule has 0 saturated carbocycles. The number of hydrogen-bond acceptors (Lipinski definition) is 4. The van der Waals surface area contributed by atoms with Gasteiger partial charge in [-0.1, -0.05) is 23.7 Å². The maximum absolute atomic E-state index is 11.4. The first-order chi connectivity index (χ1) is 10.9. The summed E-state index contributed by atoms with van der Waals surface area (Å²) in [5.74, 6) is -1.16. The molecular formula is C17H19ClN2O3. The van der Waals surface area contributed by atoms with E-state index in [0.29, 0.717) is 10.9 Å². The van der Waals surface area contributed by atoms with E-state index in [1.807, 2.05) is 13.8 Å². The maximum atomic E-state index is 11.4. The number of aromatic nitrogens is 1. The number of halogens is 1. The molecule has 5 nitrogen and oxygen atoms in total. The van der Waals surface area contributed by atoms with Crippen LogP contribution in [0, 0.1) is 0 Å². The highest BCUT2D eigenvalue weighted by atomic mass is 35.5. The number of hydrogen-bond donors (Lipinski definition) is 2. The van der Waals surface area contributed by atoms with Crippen LogP contribution in [-0.2, 0) is 4.79 Å². The van der Waals surface area contributed by atoms with Crippen LogP contribution in [0.2, 0.25) is 5.02 Å². The van der Waals surface area contributed by atoms with E-state index in [0.717, 1.165) is 11.1 Å². The van der Waals surface area contributed by atoms with E-state index in [9.17, 15) is 9.90 Å². The molecule has 0 unspecified atom stereocenters. The first kappa shape index (κ1) is 17.2. The molecule has 0 saturated heterocycles. The van der Waals surface area contributed by atoms with Gasteiger partial charge in [0.2, 0.25) is 5.88 Å². The third-order valence-electron chi connectivity index (χ3n) is 3.35. The number of nitrogens with two attached hydrogens (primary N) is 1. The Labute approximate surface area is 140 Å². The number of carbonyl (C=O) groups is 1. The molecule has 0 fully saturated rings. The average Bonchev–Trinajstić information content (AvgIpc) is 2.49. The predicted molar refractivity (Wildman–Crippen MR) is 88.9 cm³/mol. The molecule has 1 heterocycles. The van der Waals surface area contributed by atoms with Crippen molar-refractivity contribution in [3.8, 4) is 5.88 Å². The van der Waals surface area contributed by atoms with Crippen LogP contribution in [0.15, 0.2) is 42.6 Å². The predicted octanol–water partition coefficient (Wildman–Crippen LogP) is 3.07. The second kappa shape index (κ2) is 7.44. The van der Waals surface area contributed by atoms with Crippen LogP contribution in [0.1, 0.15) is 30.9 Å². The van der Waals surface area contributed by atoms with Gasteiger partial charge in [0.05, 0.1) is 6.10 Å². The van der Waals surface area contributed by atoms with Gasteiger partial charge in [-0.2, -0.15) is 0 Å². The Kier molecular flexibility index (Phi) is 5.58. The summed E-state index contributed by atoms with van der Waals surface area (Å²) >= 11 is 5.91. The zero-order valence-electron chi connectivity index (χ0n) is 12.9. The highest BCUT2D eigenvalue weighted by Gasteiger charge is 2.28. The first-order valence-electron chi connectivity index (χ1n) is 7.25. The van der Waals surface area contributed by atoms with Crippen molar-refractivity contribution in [2.24, 2.45) is 5.73 Å². The third-order valence-corrected chi connectivity index (χ3v) is 3.60. The summed E-state index contributed by atoms with van der Waals surface area (Å²) in [6.45, 7) is 3.79. The monoisotopic (exact) mass is 334 g/mol. The zero-order valence-corrected chi connectivity index (χ0v) is 13.7. The van der Waals surface area contributed by atoms with Crippen molar-refractivity contribution in [3.63, 3.8) is 0 Å². The molecule has 23 heavy (non-hydrogen) atoms. The number of benzene rings is 1. The van der Waals surface area contributed by atoms with Gasteiger partial charge in [0.15, 0.2) is 0 Å². The lowest BCUT2D eigenvalue weighted by Crippen LogP contribution is -2.37. The van der Waals surface area contributed by atoms with Crippen molar-refractivity contribution in [3.05, 3.63) is 58.7 Å². The van der Waals surface area contributed by atoms with Gasteiger partial charge < -0.3 is 15.6 Å². The second-order valence-electron chi connectivity index (χ2n) is 5.49. The van der Waals surface area contributed by atoms with Crippen LogP contribution < -0.4 is 10.5 Å². The smallest absolute Gasteiger partial charge is 0.321 e. The molecule has 2 atom stereocenters. The number of carboxylic acid groups (broad SMARTS) is 1. The summed E-state index contributed by atoms with van der Waals surface area (Å²) in [5.41, 5.74) is 7.42. The topological polar surface area (TPSA) is 85.4 Å². The normalized spacial score (nSPS) is 13.6. The molecule has 1 aromatic carbocycles. The summed E-state index contributed by atoms with van der Waals surface area (Å²) in [6, 6.07) is 9.36. The number of carboxylic acids is 1. The van der Waals surface area contributed by atoms with E-state index >= 15 is 0 Å². The number of rotatable bonds is 6. The molecule has 3 N–H and O–H groups in total. The maximum Gasteiger partial charge on any atom is 0.321 e. The lowest BCUT2D eigenvalue weighted by atomic mass is 9.86. The fourth-order valence-electron chi connectivity index (χ4n) is 2.34. The van der Waals surface area contributed by atoms with Crippen LogP contribution in [0.3, 0.4) is 0 Å². The van der Waals surface area contributed by atoms with Crippen LogP contribution in [0.4, 0.5) is 0 Å². The standard InChI is InChI=1S/C17H19ClN2O3/c1-10(2)23-14-9-12(7-8-20-14)15(16(19)17(21)22)11-3-5-13(18)6-4-11/h3-10,15-16H,19H2,1-2H3,(H,21,22)/t15-,16-/m0/s1. The van der Waals surface area contributed by atoms with E-state index < -0.39 is 17.9 Å². The van der Waals surface area contributed by atoms with Gasteiger partial charge in [-0.05, 0) is 43.2 Å². The van der Waals surface area contributed by atoms with Gasteiger partial charge in [-0.15, -0.1) is 0 Å². The second-order valence-corrected chi connectivity index (χ2v) is 5.92. The van der Waals surface area contributed by atoms with Gasteiger partial charge in [0, 0.05) is 23.2 Å². The summed E-state index contributed by atoms with van der Waals surface area (Å²) in [5, 5.41) is 9.93. The molecule has 122 valence electrons. The minimum absolute atomic E-state index is 0.0279. The minimum atomic E-state index is -1.09. The lowest BCUT2D eigenvalue weighted by molar-refractivity contribution is -0.138. The SMILES string of the molecule is CC(C)Oc1cc([C@H](c2ccc(Cl)cc2)[C@H](N)C(=O)O)ccn1. The molecule has 0 aliphatic heterocycles. The fraction of sp³-hybridized carbons (Fsp3) is 0.294. The quantitative estimate of drug-likeness (QED) is 0.848. The molecule has 0 spiro atoms. The molecule has 0 radical (unpaired) electrons. The number of pyridine rings is 1. The Morgan fingerprint density at radius 3 is 2.43 bits per heavy atom. The van der Waals surface area contributed by atoms with Crippen molar-refractivity contribution in [2.45, 2.75) is 31.9 Å². The van der Waals surface area contributed by atoms with Crippen LogP contribution in [-0.4, -0.2) is 28.2 Å². The van der Waals surface area contributed by atoms with Crippen LogP contribution in [0.25, 0.3) is 0 Å². The van der Waals surface area contributed by atoms with E-state index in [1.54, 1.807) is 42.6 Å². The van der Waals surface area contributed by atoms with Gasteiger partial charge in [0.1, 0.15) is 6.04 Å². The molecule has 0 aliphatic carbocycles. The third kappa shape index (κ3) is 4.43. The minimum Gasteiger partial charge on any atom is -0.480 e. The van der Waals surface area contributed by atoms with E-state index in [-0.39, 0.29) is 6.10 Å². The zero-order chi connectivity index (χ0) is 17.0. The molecule has 1 aromatic heterocycles. The largest absolute Gasteiger partial charge is 0.480 e. The van der Waals surface area contributed by atoms with Crippen molar-refractivity contribution in [1.29, 1.82) is 0 Å². The molecule has 0 aliphatic rings.